The molecule has 70 valence electrons. The molecule has 2 rings (SSSR count). The summed E-state index contributed by atoms with van der Waals surface area (Å²) in [6.45, 7) is 2.30. The van der Waals surface area contributed by atoms with Crippen LogP contribution in [0.3, 0.4) is 0 Å². The van der Waals surface area contributed by atoms with Crippen LogP contribution in [-0.2, 0) is 6.42 Å². The Morgan fingerprint density at radius 1 is 1.38 bits per heavy atom. The highest BCUT2D eigenvalue weighted by atomic mass is 127. The molecule has 2 heteroatoms. The predicted molar refractivity (Wildman–Crippen MR) is 65.6 cm³/mol. The lowest BCUT2D eigenvalue weighted by molar-refractivity contribution is 0.576. The topological polar surface area (TPSA) is 3.24 Å². The number of para-hydroxylation sites is 1. The summed E-state index contributed by atoms with van der Waals surface area (Å²) < 4.78 is 0.284. The summed E-state index contributed by atoms with van der Waals surface area (Å²) in [5, 5.41) is 0. The van der Waals surface area contributed by atoms with Gasteiger partial charge in [-0.25, -0.2) is 0 Å². The number of aryl methyl sites for hydroxylation is 1. The molecule has 1 unspecified atom stereocenters. The third kappa shape index (κ3) is 1.56. The van der Waals surface area contributed by atoms with Gasteiger partial charge in [0.15, 0.2) is 0 Å². The first kappa shape index (κ1) is 9.31. The van der Waals surface area contributed by atoms with Crippen molar-refractivity contribution in [1.82, 2.24) is 0 Å². The minimum atomic E-state index is 0.284. The van der Waals surface area contributed by atoms with Crippen LogP contribution in [0.1, 0.15) is 18.9 Å². The van der Waals surface area contributed by atoms with Crippen molar-refractivity contribution in [2.24, 2.45) is 0 Å². The Labute approximate surface area is 93.3 Å². The molecule has 0 fully saturated rings. The van der Waals surface area contributed by atoms with Crippen LogP contribution in [0.5, 0.6) is 0 Å². The van der Waals surface area contributed by atoms with Gasteiger partial charge >= 0.3 is 0 Å². The summed E-state index contributed by atoms with van der Waals surface area (Å²) in [5.41, 5.74) is 2.88. The second kappa shape index (κ2) is 3.15. The van der Waals surface area contributed by atoms with Crippen LogP contribution in [0, 0.1) is 0 Å². The highest BCUT2D eigenvalue weighted by molar-refractivity contribution is 14.1. The van der Waals surface area contributed by atoms with Crippen molar-refractivity contribution in [2.45, 2.75) is 23.3 Å². The van der Waals surface area contributed by atoms with Crippen LogP contribution in [0.4, 0.5) is 5.69 Å². The lowest BCUT2D eigenvalue weighted by Gasteiger charge is -2.41. The molecule has 13 heavy (non-hydrogen) atoms. The fourth-order valence-corrected chi connectivity index (χ4v) is 2.36. The van der Waals surface area contributed by atoms with Crippen LogP contribution < -0.4 is 4.90 Å². The minimum Gasteiger partial charge on any atom is -0.360 e. The van der Waals surface area contributed by atoms with E-state index in [2.05, 4.69) is 65.7 Å². The van der Waals surface area contributed by atoms with Gasteiger partial charge in [0.2, 0.25) is 0 Å². The van der Waals surface area contributed by atoms with Crippen LogP contribution in [0.2, 0.25) is 0 Å². The molecule has 0 radical (unpaired) electrons. The van der Waals surface area contributed by atoms with Gasteiger partial charge in [-0.2, -0.15) is 0 Å². The number of anilines is 1. The van der Waals surface area contributed by atoms with E-state index in [9.17, 15) is 0 Å². The van der Waals surface area contributed by atoms with Crippen molar-refractivity contribution in [3.8, 4) is 0 Å². The largest absolute Gasteiger partial charge is 0.360 e. The van der Waals surface area contributed by atoms with E-state index in [0.29, 0.717) is 0 Å². The Morgan fingerprint density at radius 2 is 2.08 bits per heavy atom. The molecule has 0 saturated heterocycles. The Bertz CT molecular complexity index is 320. The quantitative estimate of drug-likeness (QED) is 0.402. The molecule has 0 bridgehead atoms. The molecule has 0 amide bonds. The van der Waals surface area contributed by atoms with E-state index in [1.165, 1.54) is 24.1 Å². The van der Waals surface area contributed by atoms with Crippen LogP contribution in [-0.4, -0.2) is 10.6 Å². The fourth-order valence-electron chi connectivity index (χ4n) is 1.83. The third-order valence-corrected chi connectivity index (χ3v) is 4.17. The number of nitrogens with zero attached hydrogens (tertiary/aromatic N) is 1. The lowest BCUT2D eigenvalue weighted by atomic mass is 9.97. The molecule has 0 saturated carbocycles. The number of alkyl halides is 1. The monoisotopic (exact) mass is 287 g/mol. The Balaban J connectivity index is 2.45. The molecule has 0 N–H and O–H groups in total. The molecule has 0 aromatic heterocycles. The molecular formula is C11H14IN. The van der Waals surface area contributed by atoms with E-state index >= 15 is 0 Å². The summed E-state index contributed by atoms with van der Waals surface area (Å²) in [6.07, 6.45) is 2.45. The molecule has 1 aromatic carbocycles. The number of fused-ring (bicyclic) bond motifs is 1. The second-order valence-electron chi connectivity index (χ2n) is 3.83. The molecule has 1 heterocycles. The number of hydrogen-bond acceptors (Lipinski definition) is 1. The first-order valence-corrected chi connectivity index (χ1v) is 5.70. The minimum absolute atomic E-state index is 0.284. The smallest absolute Gasteiger partial charge is 0.0889 e. The van der Waals surface area contributed by atoms with E-state index in [-0.39, 0.29) is 3.55 Å². The van der Waals surface area contributed by atoms with Crippen molar-refractivity contribution < 1.29 is 0 Å². The summed E-state index contributed by atoms with van der Waals surface area (Å²) in [5.74, 6) is 0. The number of halogens is 1. The molecule has 1 nitrogen and oxygen atoms in total. The van der Waals surface area contributed by atoms with Gasteiger partial charge in [-0.15, -0.1) is 0 Å². The average molecular weight is 287 g/mol. The first-order valence-electron chi connectivity index (χ1n) is 4.62. The van der Waals surface area contributed by atoms with Crippen molar-refractivity contribution in [3.05, 3.63) is 29.8 Å². The highest BCUT2D eigenvalue weighted by Gasteiger charge is 2.30. The first-order chi connectivity index (χ1) is 6.11. The normalized spacial score (nSPS) is 27.2. The maximum absolute atomic E-state index is 2.54. The van der Waals surface area contributed by atoms with Crippen LogP contribution >= 0.6 is 22.6 Å². The Hall–Kier alpha value is -0.250. The van der Waals surface area contributed by atoms with Gasteiger partial charge in [0, 0.05) is 12.7 Å². The molecule has 1 atom stereocenters. The molecular weight excluding hydrogens is 273 g/mol. The summed E-state index contributed by atoms with van der Waals surface area (Å²) in [7, 11) is 2.18. The van der Waals surface area contributed by atoms with E-state index < -0.39 is 0 Å². The molecule has 1 aliphatic rings. The molecule has 0 spiro atoms. The highest BCUT2D eigenvalue weighted by Crippen LogP contribution is 2.39. The second-order valence-corrected chi connectivity index (χ2v) is 6.15. The van der Waals surface area contributed by atoms with Gasteiger partial charge in [-0.1, -0.05) is 40.8 Å². The van der Waals surface area contributed by atoms with Crippen molar-refractivity contribution >= 4 is 28.3 Å². The Kier molecular flexibility index (Phi) is 2.26. The van der Waals surface area contributed by atoms with Gasteiger partial charge in [0.1, 0.15) is 0 Å². The Morgan fingerprint density at radius 3 is 2.85 bits per heavy atom. The zero-order valence-electron chi connectivity index (χ0n) is 8.05. The number of rotatable bonds is 0. The van der Waals surface area contributed by atoms with E-state index in [1.807, 2.05) is 0 Å². The van der Waals surface area contributed by atoms with Crippen molar-refractivity contribution in [2.75, 3.05) is 11.9 Å². The number of benzene rings is 1. The maximum atomic E-state index is 2.54. The zero-order valence-corrected chi connectivity index (χ0v) is 10.2. The maximum Gasteiger partial charge on any atom is 0.0889 e. The summed E-state index contributed by atoms with van der Waals surface area (Å²) in [6, 6.07) is 8.69. The molecule has 1 aliphatic heterocycles. The predicted octanol–water partition coefficient (Wildman–Crippen LogP) is 3.22. The van der Waals surface area contributed by atoms with Gasteiger partial charge in [0.05, 0.1) is 3.55 Å². The van der Waals surface area contributed by atoms with E-state index in [0.717, 1.165) is 0 Å². The van der Waals surface area contributed by atoms with Crippen molar-refractivity contribution in [1.29, 1.82) is 0 Å². The van der Waals surface area contributed by atoms with Gasteiger partial charge in [-0.3, -0.25) is 0 Å². The van der Waals surface area contributed by atoms with Gasteiger partial charge < -0.3 is 4.90 Å². The summed E-state index contributed by atoms with van der Waals surface area (Å²) in [4.78, 5) is 2.38. The SMILES string of the molecule is CN1c2ccccc2CCC1(C)I. The van der Waals surface area contributed by atoms with Crippen molar-refractivity contribution in [3.63, 3.8) is 0 Å². The molecule has 0 aliphatic carbocycles. The standard InChI is InChI=1S/C11H14IN/c1-11(12)8-7-9-5-3-4-6-10(9)13(11)2/h3-6H,7-8H2,1-2H3. The number of hydrogen-bond donors (Lipinski definition) is 0. The third-order valence-electron chi connectivity index (χ3n) is 2.90. The van der Waals surface area contributed by atoms with Crippen LogP contribution in [0.15, 0.2) is 24.3 Å². The van der Waals surface area contributed by atoms with E-state index in [1.54, 1.807) is 0 Å². The van der Waals surface area contributed by atoms with E-state index in [4.69, 9.17) is 0 Å². The van der Waals surface area contributed by atoms with Crippen LogP contribution in [0.25, 0.3) is 0 Å². The van der Waals surface area contributed by atoms with Gasteiger partial charge in [0.25, 0.3) is 0 Å². The fraction of sp³-hybridized carbons (Fsp3) is 0.455. The zero-order chi connectivity index (χ0) is 9.47. The average Bonchev–Trinajstić information content (AvgIpc) is 2.13. The molecule has 1 aromatic rings. The lowest BCUT2D eigenvalue weighted by Crippen LogP contribution is -2.41. The summed E-state index contributed by atoms with van der Waals surface area (Å²) >= 11 is 2.54. The van der Waals surface area contributed by atoms with Gasteiger partial charge in [-0.05, 0) is 31.4 Å².